The van der Waals surface area contributed by atoms with Gasteiger partial charge in [0.25, 0.3) is 0 Å². The molecule has 4 N–H and O–H groups in total. The molecular weight excluding hydrogens is 222 g/mol. The Morgan fingerprint density at radius 2 is 2.12 bits per heavy atom. The van der Waals surface area contributed by atoms with E-state index in [0.717, 1.165) is 6.07 Å². The van der Waals surface area contributed by atoms with E-state index in [1.165, 1.54) is 12.1 Å². The van der Waals surface area contributed by atoms with Crippen LogP contribution in [0.25, 0.3) is 0 Å². The number of carbonyl (C=O) groups is 1. The lowest BCUT2D eigenvalue weighted by Gasteiger charge is -2.08. The first-order chi connectivity index (χ1) is 7.41. The van der Waals surface area contributed by atoms with E-state index in [4.69, 9.17) is 16.2 Å². The van der Waals surface area contributed by atoms with Gasteiger partial charge in [0.1, 0.15) is 11.5 Å². The molecule has 5 nitrogen and oxygen atoms in total. The molecule has 0 aliphatic rings. The van der Waals surface area contributed by atoms with Gasteiger partial charge in [-0.2, -0.15) is 8.78 Å². The van der Waals surface area contributed by atoms with Crippen LogP contribution >= 0.6 is 0 Å². The predicted octanol–water partition coefficient (Wildman–Crippen LogP) is 1.32. The van der Waals surface area contributed by atoms with Crippen molar-refractivity contribution in [1.82, 2.24) is 0 Å². The van der Waals surface area contributed by atoms with E-state index < -0.39 is 18.3 Å². The number of anilines is 1. The molecule has 86 valence electrons. The second-order valence-electron chi connectivity index (χ2n) is 2.81. The number of aliphatic carboxylic acids is 1. The van der Waals surface area contributed by atoms with Gasteiger partial charge >= 0.3 is 12.6 Å². The van der Waals surface area contributed by atoms with E-state index in [1.54, 1.807) is 0 Å². The first-order valence-corrected chi connectivity index (χ1v) is 4.08. The highest BCUT2D eigenvalue weighted by Gasteiger charge is 2.15. The minimum absolute atomic E-state index is 0.00835. The number of halogens is 2. The van der Waals surface area contributed by atoms with Crippen molar-refractivity contribution in [2.24, 2.45) is 0 Å². The standard InChI is InChI=1S/C9H8F2N2O3/c10-9(11)16-4-1-2-6(12)5(3-4)7(13)8(14)15/h1-3,9,13H,12H2,(H,14,15). The van der Waals surface area contributed by atoms with Gasteiger partial charge in [-0.1, -0.05) is 0 Å². The van der Waals surface area contributed by atoms with Gasteiger partial charge in [0.15, 0.2) is 0 Å². The Morgan fingerprint density at radius 1 is 1.50 bits per heavy atom. The summed E-state index contributed by atoms with van der Waals surface area (Å²) in [6.45, 7) is -3.02. The summed E-state index contributed by atoms with van der Waals surface area (Å²) in [5.41, 5.74) is 4.48. The van der Waals surface area contributed by atoms with Crippen molar-refractivity contribution >= 4 is 17.4 Å². The molecule has 0 aliphatic heterocycles. The molecule has 1 aromatic carbocycles. The summed E-state index contributed by atoms with van der Waals surface area (Å²) in [6.07, 6.45) is 0. The van der Waals surface area contributed by atoms with E-state index in [0.29, 0.717) is 0 Å². The quantitative estimate of drug-likeness (QED) is 0.536. The summed E-state index contributed by atoms with van der Waals surface area (Å²) < 4.78 is 27.8. The van der Waals surface area contributed by atoms with Crippen LogP contribution in [0, 0.1) is 5.41 Å². The summed E-state index contributed by atoms with van der Waals surface area (Å²) in [6, 6.07) is 3.35. The second kappa shape index (κ2) is 4.56. The Balaban J connectivity index is 3.08. The number of nitrogens with one attached hydrogen (secondary N) is 1. The van der Waals surface area contributed by atoms with Crippen LogP contribution in [0.2, 0.25) is 0 Å². The maximum Gasteiger partial charge on any atom is 0.387 e. The van der Waals surface area contributed by atoms with Crippen LogP contribution in [0.15, 0.2) is 18.2 Å². The van der Waals surface area contributed by atoms with Crippen LogP contribution in [-0.4, -0.2) is 23.4 Å². The third-order valence-corrected chi connectivity index (χ3v) is 1.73. The molecule has 0 bridgehead atoms. The number of hydrogen-bond acceptors (Lipinski definition) is 4. The van der Waals surface area contributed by atoms with Crippen LogP contribution in [0.1, 0.15) is 5.56 Å². The van der Waals surface area contributed by atoms with Crippen molar-refractivity contribution in [3.05, 3.63) is 23.8 Å². The Kier molecular flexibility index (Phi) is 3.39. The number of carboxylic acid groups (broad SMARTS) is 1. The highest BCUT2D eigenvalue weighted by molar-refractivity contribution is 6.42. The van der Waals surface area contributed by atoms with E-state index in [1.807, 2.05) is 0 Å². The van der Waals surface area contributed by atoms with Gasteiger partial charge in [-0.05, 0) is 18.2 Å². The summed E-state index contributed by atoms with van der Waals surface area (Å²) in [5.74, 6) is -1.74. The molecule has 0 heterocycles. The van der Waals surface area contributed by atoms with Gasteiger partial charge < -0.3 is 15.6 Å². The molecular formula is C9H8F2N2O3. The zero-order chi connectivity index (χ0) is 12.3. The fourth-order valence-electron chi connectivity index (χ4n) is 1.04. The summed E-state index contributed by atoms with van der Waals surface area (Å²) in [5, 5.41) is 15.7. The summed E-state index contributed by atoms with van der Waals surface area (Å²) in [7, 11) is 0. The molecule has 0 radical (unpaired) electrons. The van der Waals surface area contributed by atoms with Gasteiger partial charge in [-0.3, -0.25) is 5.41 Å². The Labute approximate surface area is 89.0 Å². The molecule has 0 aromatic heterocycles. The lowest BCUT2D eigenvalue weighted by Crippen LogP contribution is -2.15. The van der Waals surface area contributed by atoms with Gasteiger partial charge in [0, 0.05) is 11.3 Å². The lowest BCUT2D eigenvalue weighted by atomic mass is 10.1. The zero-order valence-corrected chi connectivity index (χ0v) is 7.91. The van der Waals surface area contributed by atoms with Crippen molar-refractivity contribution in [3.8, 4) is 5.75 Å². The molecule has 0 unspecified atom stereocenters. The van der Waals surface area contributed by atoms with E-state index in [9.17, 15) is 13.6 Å². The molecule has 0 amide bonds. The Hall–Kier alpha value is -2.18. The number of carboxylic acids is 1. The van der Waals surface area contributed by atoms with Crippen molar-refractivity contribution < 1.29 is 23.4 Å². The third-order valence-electron chi connectivity index (χ3n) is 1.73. The number of benzene rings is 1. The van der Waals surface area contributed by atoms with Crippen LogP contribution in [0.3, 0.4) is 0 Å². The fraction of sp³-hybridized carbons (Fsp3) is 0.111. The smallest absolute Gasteiger partial charge is 0.387 e. The molecule has 0 saturated heterocycles. The van der Waals surface area contributed by atoms with Crippen LogP contribution < -0.4 is 10.5 Å². The Morgan fingerprint density at radius 3 is 2.62 bits per heavy atom. The van der Waals surface area contributed by atoms with Crippen molar-refractivity contribution in [2.45, 2.75) is 6.61 Å². The summed E-state index contributed by atoms with van der Waals surface area (Å²) >= 11 is 0. The molecule has 0 spiro atoms. The topological polar surface area (TPSA) is 96.4 Å². The normalized spacial score (nSPS) is 10.2. The molecule has 0 atom stereocenters. The number of ether oxygens (including phenoxy) is 1. The SMILES string of the molecule is N=C(C(=O)O)c1cc(OC(F)F)ccc1N. The highest BCUT2D eigenvalue weighted by Crippen LogP contribution is 2.21. The lowest BCUT2D eigenvalue weighted by molar-refractivity contribution is -0.129. The number of nitrogens with two attached hydrogens (primary N) is 1. The maximum absolute atomic E-state index is 11.9. The molecule has 0 saturated carbocycles. The highest BCUT2D eigenvalue weighted by atomic mass is 19.3. The van der Waals surface area contributed by atoms with Crippen LogP contribution in [0.4, 0.5) is 14.5 Å². The molecule has 7 heteroatoms. The zero-order valence-electron chi connectivity index (χ0n) is 7.91. The van der Waals surface area contributed by atoms with E-state index in [2.05, 4.69) is 4.74 Å². The third kappa shape index (κ3) is 2.66. The molecule has 1 rings (SSSR count). The monoisotopic (exact) mass is 230 g/mol. The molecule has 0 fully saturated rings. The molecule has 0 aliphatic carbocycles. The number of alkyl halides is 2. The van der Waals surface area contributed by atoms with Gasteiger partial charge in [0.05, 0.1) is 0 Å². The van der Waals surface area contributed by atoms with Crippen LogP contribution in [-0.2, 0) is 4.79 Å². The van der Waals surface area contributed by atoms with Crippen molar-refractivity contribution in [1.29, 1.82) is 5.41 Å². The minimum Gasteiger partial charge on any atom is -0.477 e. The molecule has 16 heavy (non-hydrogen) atoms. The average molecular weight is 230 g/mol. The Bertz CT molecular complexity index is 435. The summed E-state index contributed by atoms with van der Waals surface area (Å²) in [4.78, 5) is 10.5. The molecule has 1 aromatic rings. The largest absolute Gasteiger partial charge is 0.477 e. The van der Waals surface area contributed by atoms with E-state index >= 15 is 0 Å². The maximum atomic E-state index is 11.9. The first-order valence-electron chi connectivity index (χ1n) is 4.08. The van der Waals surface area contributed by atoms with Gasteiger partial charge in [0.2, 0.25) is 0 Å². The first kappa shape index (κ1) is 11.9. The predicted molar refractivity (Wildman–Crippen MR) is 52.0 cm³/mol. The number of hydrogen-bond donors (Lipinski definition) is 3. The van der Waals surface area contributed by atoms with Gasteiger partial charge in [-0.25, -0.2) is 4.79 Å². The number of rotatable bonds is 4. The fourth-order valence-corrected chi connectivity index (χ4v) is 1.04. The average Bonchev–Trinajstić information content (AvgIpc) is 2.19. The number of nitrogen functional groups attached to an aromatic ring is 1. The van der Waals surface area contributed by atoms with Gasteiger partial charge in [-0.15, -0.1) is 0 Å². The second-order valence-corrected chi connectivity index (χ2v) is 2.81. The van der Waals surface area contributed by atoms with Crippen molar-refractivity contribution in [3.63, 3.8) is 0 Å². The van der Waals surface area contributed by atoms with Crippen molar-refractivity contribution in [2.75, 3.05) is 5.73 Å². The minimum atomic E-state index is -3.02. The van der Waals surface area contributed by atoms with E-state index in [-0.39, 0.29) is 17.0 Å². The van der Waals surface area contributed by atoms with Crippen LogP contribution in [0.5, 0.6) is 5.75 Å².